The molecule has 0 aliphatic carbocycles. The molecule has 7 heteroatoms. The number of likely N-dealkylation sites (N-methyl/N-ethyl adjacent to an activating group) is 1. The molecular weight excluding hydrogens is 288 g/mol. The van der Waals surface area contributed by atoms with Gasteiger partial charge in [-0.15, -0.1) is 0 Å². The maximum absolute atomic E-state index is 12.6. The summed E-state index contributed by atoms with van der Waals surface area (Å²) in [4.78, 5) is 14.2. The van der Waals surface area contributed by atoms with Crippen molar-refractivity contribution in [3.8, 4) is 0 Å². The van der Waals surface area contributed by atoms with Gasteiger partial charge >= 0.3 is 0 Å². The van der Waals surface area contributed by atoms with E-state index in [2.05, 4.69) is 5.16 Å². The van der Waals surface area contributed by atoms with Gasteiger partial charge in [-0.1, -0.05) is 5.16 Å². The average Bonchev–Trinajstić information content (AvgIpc) is 2.84. The first-order valence-electron chi connectivity index (χ1n) is 7.30. The molecule has 0 N–H and O–H groups in total. The summed E-state index contributed by atoms with van der Waals surface area (Å²) in [7, 11) is 5.01. The number of hydrogen-bond acceptors (Lipinski definition) is 6. The molecule has 124 valence electrons. The average molecular weight is 312 g/mol. The van der Waals surface area contributed by atoms with Gasteiger partial charge in [0.25, 0.3) is 0 Å². The molecule has 1 aliphatic rings. The van der Waals surface area contributed by atoms with Gasteiger partial charge in [0, 0.05) is 26.8 Å². The van der Waals surface area contributed by atoms with E-state index in [1.807, 2.05) is 13.8 Å². The highest BCUT2D eigenvalue weighted by molar-refractivity contribution is 5.79. The smallest absolute Gasteiger partial charge is 0.227 e. The van der Waals surface area contributed by atoms with Crippen LogP contribution in [0.1, 0.15) is 17.0 Å². The van der Waals surface area contributed by atoms with Crippen molar-refractivity contribution < 1.29 is 23.5 Å². The van der Waals surface area contributed by atoms with Crippen LogP contribution in [0, 0.1) is 13.8 Å². The number of rotatable bonds is 5. The molecule has 1 fully saturated rings. The van der Waals surface area contributed by atoms with Gasteiger partial charge in [0.05, 0.1) is 31.4 Å². The van der Waals surface area contributed by atoms with E-state index in [0.717, 1.165) is 11.3 Å². The number of ether oxygens (including phenoxy) is 3. The minimum Gasteiger partial charge on any atom is -0.376 e. The Hall–Kier alpha value is -1.44. The van der Waals surface area contributed by atoms with Gasteiger partial charge in [-0.05, 0) is 13.8 Å². The summed E-state index contributed by atoms with van der Waals surface area (Å²) >= 11 is 0. The monoisotopic (exact) mass is 312 g/mol. The molecule has 0 bridgehead atoms. The van der Waals surface area contributed by atoms with Crippen molar-refractivity contribution in [2.45, 2.75) is 38.5 Å². The summed E-state index contributed by atoms with van der Waals surface area (Å²) in [5, 5.41) is 3.88. The summed E-state index contributed by atoms with van der Waals surface area (Å²) in [5.74, 6) is 0.652. The van der Waals surface area contributed by atoms with E-state index in [1.165, 1.54) is 0 Å². The number of carbonyl (C=O) groups excluding carboxylic acids is 1. The summed E-state index contributed by atoms with van der Waals surface area (Å²) in [6, 6.07) is -0.184. The van der Waals surface area contributed by atoms with Crippen LogP contribution < -0.4 is 0 Å². The van der Waals surface area contributed by atoms with Gasteiger partial charge in [0.1, 0.15) is 18.0 Å². The maximum Gasteiger partial charge on any atom is 0.227 e. The largest absolute Gasteiger partial charge is 0.376 e. The molecule has 0 spiro atoms. The zero-order chi connectivity index (χ0) is 16.3. The summed E-state index contributed by atoms with van der Waals surface area (Å²) in [6.45, 7) is 4.55. The van der Waals surface area contributed by atoms with Crippen LogP contribution in [0.4, 0.5) is 0 Å². The quantitative estimate of drug-likeness (QED) is 0.797. The van der Waals surface area contributed by atoms with E-state index < -0.39 is 0 Å². The molecular formula is C15H24N2O5. The van der Waals surface area contributed by atoms with Crippen LogP contribution in [0.2, 0.25) is 0 Å². The van der Waals surface area contributed by atoms with E-state index >= 15 is 0 Å². The topological polar surface area (TPSA) is 74.0 Å². The van der Waals surface area contributed by atoms with E-state index in [9.17, 15) is 4.79 Å². The van der Waals surface area contributed by atoms with Crippen LogP contribution in [0.3, 0.4) is 0 Å². The van der Waals surface area contributed by atoms with Crippen molar-refractivity contribution in [2.75, 3.05) is 34.5 Å². The third kappa shape index (κ3) is 3.31. The first-order valence-corrected chi connectivity index (χ1v) is 7.30. The Balaban J connectivity index is 2.09. The maximum atomic E-state index is 12.6. The Morgan fingerprint density at radius 3 is 2.59 bits per heavy atom. The van der Waals surface area contributed by atoms with Crippen molar-refractivity contribution in [1.82, 2.24) is 10.1 Å². The Morgan fingerprint density at radius 2 is 2.05 bits per heavy atom. The van der Waals surface area contributed by atoms with E-state index in [1.54, 1.807) is 26.2 Å². The van der Waals surface area contributed by atoms with Crippen molar-refractivity contribution >= 4 is 5.91 Å². The fourth-order valence-corrected chi connectivity index (χ4v) is 2.80. The number of nitrogens with zero attached hydrogens (tertiary/aromatic N) is 2. The van der Waals surface area contributed by atoms with Crippen LogP contribution in [-0.2, 0) is 25.4 Å². The van der Waals surface area contributed by atoms with Crippen molar-refractivity contribution in [3.63, 3.8) is 0 Å². The Labute approximate surface area is 130 Å². The van der Waals surface area contributed by atoms with E-state index in [4.69, 9.17) is 18.7 Å². The van der Waals surface area contributed by atoms with Crippen LogP contribution in [0.25, 0.3) is 0 Å². The van der Waals surface area contributed by atoms with Crippen LogP contribution in [0.5, 0.6) is 0 Å². The van der Waals surface area contributed by atoms with Gasteiger partial charge < -0.3 is 23.6 Å². The van der Waals surface area contributed by atoms with Gasteiger partial charge in [-0.25, -0.2) is 0 Å². The second kappa shape index (κ2) is 7.21. The van der Waals surface area contributed by atoms with Crippen molar-refractivity contribution in [3.05, 3.63) is 17.0 Å². The second-order valence-electron chi connectivity index (χ2n) is 5.56. The number of carbonyl (C=O) groups is 1. The van der Waals surface area contributed by atoms with Gasteiger partial charge in [-0.2, -0.15) is 0 Å². The highest BCUT2D eigenvalue weighted by Gasteiger charge is 2.38. The molecule has 3 atom stereocenters. The number of aryl methyl sites for hydroxylation is 2. The first kappa shape index (κ1) is 16.9. The number of methoxy groups -OCH3 is 2. The molecule has 1 aromatic heterocycles. The SMILES string of the molecule is CO[C@H]1[C@H](N(C)C(=O)Cc2c(C)noc2C)COC[C@H]1OC. The fourth-order valence-electron chi connectivity index (χ4n) is 2.80. The minimum atomic E-state index is -0.211. The first-order chi connectivity index (χ1) is 10.5. The molecule has 0 aromatic carbocycles. The number of hydrogen-bond donors (Lipinski definition) is 0. The van der Waals surface area contributed by atoms with Crippen molar-refractivity contribution in [1.29, 1.82) is 0 Å². The van der Waals surface area contributed by atoms with E-state index in [0.29, 0.717) is 19.0 Å². The van der Waals surface area contributed by atoms with Gasteiger partial charge in [0.15, 0.2) is 0 Å². The van der Waals surface area contributed by atoms with Crippen LogP contribution in [0.15, 0.2) is 4.52 Å². The molecule has 0 saturated carbocycles. The number of amides is 1. The Kier molecular flexibility index (Phi) is 5.55. The molecule has 22 heavy (non-hydrogen) atoms. The second-order valence-corrected chi connectivity index (χ2v) is 5.56. The third-order valence-electron chi connectivity index (χ3n) is 4.29. The van der Waals surface area contributed by atoms with Crippen molar-refractivity contribution in [2.24, 2.45) is 0 Å². The summed E-state index contributed by atoms with van der Waals surface area (Å²) < 4.78 is 21.6. The van der Waals surface area contributed by atoms with E-state index in [-0.39, 0.29) is 30.6 Å². The lowest BCUT2D eigenvalue weighted by atomic mass is 10.0. The zero-order valence-electron chi connectivity index (χ0n) is 13.8. The lowest BCUT2D eigenvalue weighted by Crippen LogP contribution is -2.57. The molecule has 0 unspecified atom stereocenters. The predicted octanol–water partition coefficient (Wildman–Crippen LogP) is 0.721. The Bertz CT molecular complexity index is 497. The van der Waals surface area contributed by atoms with Gasteiger partial charge in [0.2, 0.25) is 5.91 Å². The molecule has 7 nitrogen and oxygen atoms in total. The normalized spacial score (nSPS) is 25.2. The summed E-state index contributed by atoms with van der Waals surface area (Å²) in [6.07, 6.45) is -0.141. The molecule has 1 aromatic rings. The standard InChI is InChI=1S/C15H24N2O5/c1-9-11(10(2)22-16-9)6-14(18)17(3)12-7-21-8-13(19-4)15(12)20-5/h12-13,15H,6-8H2,1-5H3/t12-,13-,15+/m1/s1. The molecule has 1 saturated heterocycles. The van der Waals surface area contributed by atoms with Gasteiger partial charge in [-0.3, -0.25) is 4.79 Å². The minimum absolute atomic E-state index is 0.0261. The fraction of sp³-hybridized carbons (Fsp3) is 0.733. The Morgan fingerprint density at radius 1 is 1.32 bits per heavy atom. The lowest BCUT2D eigenvalue weighted by Gasteiger charge is -2.40. The molecule has 0 radical (unpaired) electrons. The third-order valence-corrected chi connectivity index (χ3v) is 4.29. The zero-order valence-corrected chi connectivity index (χ0v) is 13.8. The highest BCUT2D eigenvalue weighted by atomic mass is 16.6. The molecule has 2 heterocycles. The predicted molar refractivity (Wildman–Crippen MR) is 78.7 cm³/mol. The summed E-state index contributed by atoms with van der Waals surface area (Å²) in [5.41, 5.74) is 1.59. The molecule has 1 aliphatic heterocycles. The highest BCUT2D eigenvalue weighted by Crippen LogP contribution is 2.20. The van der Waals surface area contributed by atoms with Crippen LogP contribution >= 0.6 is 0 Å². The lowest BCUT2D eigenvalue weighted by molar-refractivity contribution is -0.164. The molecule has 2 rings (SSSR count). The number of aromatic nitrogens is 1. The van der Waals surface area contributed by atoms with Crippen LogP contribution in [-0.4, -0.2) is 68.7 Å². The molecule has 1 amide bonds.